The maximum atomic E-state index is 12.7. The lowest BCUT2D eigenvalue weighted by Crippen LogP contribution is -2.27. The molecular weight excluding hydrogens is 198 g/mol. The van der Waals surface area contributed by atoms with E-state index in [9.17, 15) is 4.39 Å². The Morgan fingerprint density at radius 2 is 1.86 bits per heavy atom. The van der Waals surface area contributed by atoms with Crippen molar-refractivity contribution in [2.24, 2.45) is 0 Å². The fourth-order valence-corrected chi connectivity index (χ4v) is 0.757. The van der Waals surface area contributed by atoms with Crippen molar-refractivity contribution in [3.8, 4) is 11.5 Å². The molecule has 0 aliphatic rings. The van der Waals surface area contributed by atoms with Gasteiger partial charge in [-0.1, -0.05) is 6.07 Å². The predicted molar refractivity (Wildman–Crippen MR) is 41.9 cm³/mol. The molecule has 3 N–H and O–H groups in total. The fourth-order valence-electron chi connectivity index (χ4n) is 0.757. The molecule has 0 heterocycles. The largest absolute Gasteiger partial charge is 0.770 e. The number of hydrogen-bond donors (Lipinski definition) is 3. The Hall–Kier alpha value is -1.35. The number of rotatable bonds is 4. The number of phenols is 1. The van der Waals surface area contributed by atoms with Crippen LogP contribution in [-0.2, 0) is 9.61 Å². The van der Waals surface area contributed by atoms with Crippen molar-refractivity contribution in [2.45, 2.75) is 0 Å². The highest BCUT2D eigenvalue weighted by molar-refractivity contribution is 6.36. The van der Waals surface area contributed by atoms with Crippen LogP contribution in [0, 0.1) is 5.82 Å². The van der Waals surface area contributed by atoms with Gasteiger partial charge < -0.3 is 9.76 Å². The van der Waals surface area contributed by atoms with Gasteiger partial charge in [0, 0.05) is 0 Å². The Bertz CT molecular complexity index is 304. The van der Waals surface area contributed by atoms with Crippen LogP contribution in [0.4, 0.5) is 4.39 Å². The second-order valence-corrected chi connectivity index (χ2v) is 2.20. The molecule has 0 fully saturated rings. The molecule has 8 heteroatoms. The van der Waals surface area contributed by atoms with E-state index in [-0.39, 0.29) is 5.75 Å². The van der Waals surface area contributed by atoms with E-state index in [4.69, 9.17) is 15.6 Å². The third-order valence-electron chi connectivity index (χ3n) is 1.35. The van der Waals surface area contributed by atoms with Gasteiger partial charge >= 0.3 is 7.32 Å². The summed E-state index contributed by atoms with van der Waals surface area (Å²) in [5.41, 5.74) is 0. The van der Waals surface area contributed by atoms with Gasteiger partial charge in [0.25, 0.3) is 0 Å². The minimum Gasteiger partial charge on any atom is -0.506 e. The zero-order valence-corrected chi connectivity index (χ0v) is 6.75. The molecule has 0 aromatic heterocycles. The predicted octanol–water partition coefficient (Wildman–Crippen LogP) is 0.874. The number of benzene rings is 1. The molecule has 0 spiro atoms. The highest BCUT2D eigenvalue weighted by Crippen LogP contribution is 2.28. The molecule has 1 rings (SSSR count). The molecule has 1 aromatic rings. The molecule has 0 unspecified atom stereocenters. The topological polar surface area (TPSA) is 88.4 Å². The molecule has 0 aliphatic carbocycles. The third-order valence-corrected chi connectivity index (χ3v) is 1.35. The Balaban J connectivity index is 2.80. The first kappa shape index (κ1) is 10.7. The smallest absolute Gasteiger partial charge is 0.506 e. The van der Waals surface area contributed by atoms with Crippen molar-refractivity contribution in [3.63, 3.8) is 0 Å². The molecular formula is C6H6BFO6. The van der Waals surface area contributed by atoms with Crippen LogP contribution >= 0.6 is 0 Å². The molecule has 0 aliphatic heterocycles. The summed E-state index contributed by atoms with van der Waals surface area (Å²) in [6, 6.07) is 3.43. The molecule has 6 nitrogen and oxygen atoms in total. The Kier molecular flexibility index (Phi) is 3.66. The van der Waals surface area contributed by atoms with Gasteiger partial charge in [-0.15, -0.1) is 0 Å². The van der Waals surface area contributed by atoms with Crippen molar-refractivity contribution in [1.29, 1.82) is 0 Å². The Morgan fingerprint density at radius 1 is 1.21 bits per heavy atom. The minimum absolute atomic E-state index is 0.349. The summed E-state index contributed by atoms with van der Waals surface area (Å²) >= 11 is 0. The first-order chi connectivity index (χ1) is 6.69. The van der Waals surface area contributed by atoms with Crippen LogP contribution in [0.25, 0.3) is 0 Å². The minimum atomic E-state index is -1.86. The quantitative estimate of drug-likeness (QED) is 0.383. The zero-order valence-electron chi connectivity index (χ0n) is 6.75. The Labute approximate surface area is 78.1 Å². The first-order valence-electron chi connectivity index (χ1n) is 3.43. The summed E-state index contributed by atoms with van der Waals surface area (Å²) < 4.78 is 17.2. The number of halogens is 1. The number of para-hydroxylation sites is 1. The monoisotopic (exact) mass is 204 g/mol. The molecule has 0 atom stereocenters. The van der Waals surface area contributed by atoms with Crippen molar-refractivity contribution >= 4 is 7.32 Å². The first-order valence-corrected chi connectivity index (χ1v) is 3.43. The van der Waals surface area contributed by atoms with E-state index in [1.807, 2.05) is 0 Å². The second-order valence-electron chi connectivity index (χ2n) is 2.20. The van der Waals surface area contributed by atoms with Gasteiger partial charge in [0.15, 0.2) is 11.6 Å². The highest BCUT2D eigenvalue weighted by Gasteiger charge is 2.26. The molecule has 0 saturated heterocycles. The maximum absolute atomic E-state index is 12.7. The van der Waals surface area contributed by atoms with Crippen molar-refractivity contribution in [1.82, 2.24) is 0 Å². The fraction of sp³-hybridized carbons (Fsp3) is 0. The molecule has 14 heavy (non-hydrogen) atoms. The average molecular weight is 204 g/mol. The van der Waals surface area contributed by atoms with Gasteiger partial charge in [0.2, 0.25) is 0 Å². The SMILES string of the molecule is OOB(OO)Oc1cccc(F)c1O. The number of phenolic OH excluding ortho intramolecular Hbond substituents is 1. The molecule has 0 saturated carbocycles. The second kappa shape index (κ2) is 4.77. The number of aromatic hydroxyl groups is 1. The Morgan fingerprint density at radius 3 is 2.43 bits per heavy atom. The van der Waals surface area contributed by atoms with E-state index < -0.39 is 18.9 Å². The standard InChI is InChI=1S/C6H6BFO6/c8-4-2-1-3-5(6(4)9)12-7(13-10)14-11/h1-3,9-11H. The highest BCUT2D eigenvalue weighted by atomic mass is 19.1. The van der Waals surface area contributed by atoms with Crippen LogP contribution in [0.1, 0.15) is 0 Å². The third kappa shape index (κ3) is 2.33. The van der Waals surface area contributed by atoms with Gasteiger partial charge in [-0.25, -0.2) is 14.0 Å². The van der Waals surface area contributed by atoms with E-state index in [0.29, 0.717) is 0 Å². The molecule has 0 radical (unpaired) electrons. The lowest BCUT2D eigenvalue weighted by molar-refractivity contribution is -0.242. The number of hydrogen-bond acceptors (Lipinski definition) is 6. The van der Waals surface area contributed by atoms with Crippen LogP contribution in [0.15, 0.2) is 18.2 Å². The summed E-state index contributed by atoms with van der Waals surface area (Å²) in [7, 11) is -1.86. The van der Waals surface area contributed by atoms with Gasteiger partial charge in [0.05, 0.1) is 0 Å². The summed E-state index contributed by atoms with van der Waals surface area (Å²) in [5.74, 6) is -2.05. The molecule has 1 aromatic carbocycles. The maximum Gasteiger partial charge on any atom is 0.770 e. The van der Waals surface area contributed by atoms with E-state index in [0.717, 1.165) is 6.07 Å². The van der Waals surface area contributed by atoms with Crippen molar-refractivity contribution < 1.29 is 34.3 Å². The molecule has 0 amide bonds. The lowest BCUT2D eigenvalue weighted by atomic mass is 10.2. The summed E-state index contributed by atoms with van der Waals surface area (Å²) in [5, 5.41) is 25.2. The zero-order chi connectivity index (χ0) is 10.6. The van der Waals surface area contributed by atoms with Gasteiger partial charge in [0.1, 0.15) is 5.75 Å². The molecule has 0 bridgehead atoms. The van der Waals surface area contributed by atoms with Crippen molar-refractivity contribution in [3.05, 3.63) is 24.0 Å². The van der Waals surface area contributed by atoms with Crippen LogP contribution in [-0.4, -0.2) is 22.9 Å². The molecule has 76 valence electrons. The van der Waals surface area contributed by atoms with Gasteiger partial charge in [-0.3, -0.25) is 10.5 Å². The van der Waals surface area contributed by atoms with Crippen LogP contribution in [0.5, 0.6) is 11.5 Å². The van der Waals surface area contributed by atoms with E-state index in [1.165, 1.54) is 12.1 Å². The van der Waals surface area contributed by atoms with Gasteiger partial charge in [-0.05, 0) is 12.1 Å². The van der Waals surface area contributed by atoms with E-state index in [1.54, 1.807) is 0 Å². The van der Waals surface area contributed by atoms with Crippen LogP contribution < -0.4 is 4.65 Å². The summed E-state index contributed by atoms with van der Waals surface area (Å²) in [6.45, 7) is 0. The van der Waals surface area contributed by atoms with E-state index >= 15 is 0 Å². The van der Waals surface area contributed by atoms with Crippen molar-refractivity contribution in [2.75, 3.05) is 0 Å². The normalized spacial score (nSPS) is 9.93. The van der Waals surface area contributed by atoms with Gasteiger partial charge in [-0.2, -0.15) is 0 Å². The summed E-state index contributed by atoms with van der Waals surface area (Å²) in [6.07, 6.45) is 0. The van der Waals surface area contributed by atoms with E-state index in [2.05, 4.69) is 14.3 Å². The van der Waals surface area contributed by atoms with Crippen LogP contribution in [0.3, 0.4) is 0 Å². The average Bonchev–Trinajstić information content (AvgIpc) is 2.20. The lowest BCUT2D eigenvalue weighted by Gasteiger charge is -2.09. The van der Waals surface area contributed by atoms with Crippen LogP contribution in [0.2, 0.25) is 0 Å². The summed E-state index contributed by atoms with van der Waals surface area (Å²) in [4.78, 5) is 6.94.